The summed E-state index contributed by atoms with van der Waals surface area (Å²) < 4.78 is 26.2. The Labute approximate surface area is 117 Å². The van der Waals surface area contributed by atoms with Gasteiger partial charge in [-0.05, 0) is 31.4 Å². The van der Waals surface area contributed by atoms with Gasteiger partial charge in [-0.2, -0.15) is 9.57 Å². The van der Waals surface area contributed by atoms with Crippen LogP contribution in [0.25, 0.3) is 0 Å². The van der Waals surface area contributed by atoms with E-state index in [0.29, 0.717) is 19.3 Å². The van der Waals surface area contributed by atoms with Crippen molar-refractivity contribution in [1.29, 1.82) is 5.26 Å². The van der Waals surface area contributed by atoms with Crippen LogP contribution in [0.15, 0.2) is 29.2 Å². The zero-order valence-electron chi connectivity index (χ0n) is 10.7. The molecule has 106 valence electrons. The number of nitrogens with zero attached hydrogens (tertiary/aromatic N) is 2. The van der Waals surface area contributed by atoms with Crippen molar-refractivity contribution >= 4 is 16.0 Å². The quantitative estimate of drug-likeness (QED) is 0.902. The fraction of sp³-hybridized carbons (Fsp3) is 0.385. The fourth-order valence-corrected chi connectivity index (χ4v) is 4.14. The van der Waals surface area contributed by atoms with Crippen LogP contribution in [-0.4, -0.2) is 36.4 Å². The number of carbonyl (C=O) groups is 1. The topological polar surface area (TPSA) is 98.5 Å². The molecule has 1 saturated heterocycles. The van der Waals surface area contributed by atoms with E-state index in [1.54, 1.807) is 6.07 Å². The van der Waals surface area contributed by atoms with Crippen LogP contribution in [0.5, 0.6) is 0 Å². The lowest BCUT2D eigenvalue weighted by atomic mass is 10.1. The average molecular weight is 294 g/mol. The molecule has 1 unspecified atom stereocenters. The Morgan fingerprint density at radius 3 is 2.70 bits per heavy atom. The van der Waals surface area contributed by atoms with Crippen molar-refractivity contribution in [3.8, 4) is 6.07 Å². The number of aliphatic carboxylic acids is 1. The van der Waals surface area contributed by atoms with E-state index in [0.717, 1.165) is 4.31 Å². The summed E-state index contributed by atoms with van der Waals surface area (Å²) in [5, 5.41) is 18.2. The molecule has 2 rings (SSSR count). The van der Waals surface area contributed by atoms with Crippen LogP contribution in [0.1, 0.15) is 24.8 Å². The summed E-state index contributed by atoms with van der Waals surface area (Å²) in [6, 6.07) is 6.61. The number of carboxylic acid groups (broad SMARTS) is 1. The summed E-state index contributed by atoms with van der Waals surface area (Å²) in [4.78, 5) is 11.1. The van der Waals surface area contributed by atoms with Crippen molar-refractivity contribution in [2.75, 3.05) is 6.54 Å². The van der Waals surface area contributed by atoms with Gasteiger partial charge in [-0.25, -0.2) is 8.42 Å². The fourth-order valence-electron chi connectivity index (χ4n) is 2.35. The molecule has 7 heteroatoms. The van der Waals surface area contributed by atoms with Gasteiger partial charge in [-0.3, -0.25) is 4.79 Å². The summed E-state index contributed by atoms with van der Waals surface area (Å²) in [5.41, 5.74) is 0.0298. The molecule has 0 amide bonds. The van der Waals surface area contributed by atoms with Crippen LogP contribution in [0.3, 0.4) is 0 Å². The van der Waals surface area contributed by atoms with Crippen molar-refractivity contribution in [3.63, 3.8) is 0 Å². The molecule has 1 heterocycles. The van der Waals surface area contributed by atoms with Gasteiger partial charge in [0, 0.05) is 6.54 Å². The van der Waals surface area contributed by atoms with Crippen molar-refractivity contribution in [3.05, 3.63) is 29.8 Å². The Morgan fingerprint density at radius 1 is 1.35 bits per heavy atom. The molecule has 0 bridgehead atoms. The van der Waals surface area contributed by atoms with Gasteiger partial charge in [0.15, 0.2) is 0 Å². The summed E-state index contributed by atoms with van der Waals surface area (Å²) >= 11 is 0. The number of piperidine rings is 1. The maximum Gasteiger partial charge on any atom is 0.322 e. The van der Waals surface area contributed by atoms with Crippen LogP contribution in [0.2, 0.25) is 0 Å². The second kappa shape index (κ2) is 5.61. The van der Waals surface area contributed by atoms with Crippen LogP contribution in [0.4, 0.5) is 0 Å². The van der Waals surface area contributed by atoms with Crippen molar-refractivity contribution in [2.24, 2.45) is 0 Å². The SMILES string of the molecule is N#Cc1ccccc1S(=O)(=O)N1CCCCC1C(=O)O. The molecule has 1 atom stereocenters. The molecule has 0 spiro atoms. The molecular weight excluding hydrogens is 280 g/mol. The predicted octanol–water partition coefficient (Wildman–Crippen LogP) is 1.19. The van der Waals surface area contributed by atoms with E-state index in [9.17, 15) is 18.3 Å². The van der Waals surface area contributed by atoms with Crippen LogP contribution in [-0.2, 0) is 14.8 Å². The summed E-state index contributed by atoms with van der Waals surface area (Å²) in [7, 11) is -3.97. The molecule has 0 aliphatic carbocycles. The van der Waals surface area contributed by atoms with Gasteiger partial charge in [0.05, 0.1) is 10.5 Å². The Hall–Kier alpha value is -1.91. The number of hydrogen-bond acceptors (Lipinski definition) is 4. The van der Waals surface area contributed by atoms with Gasteiger partial charge in [-0.15, -0.1) is 0 Å². The highest BCUT2D eigenvalue weighted by atomic mass is 32.2. The average Bonchev–Trinajstić information content (AvgIpc) is 2.47. The van der Waals surface area contributed by atoms with Gasteiger partial charge in [0.2, 0.25) is 10.0 Å². The van der Waals surface area contributed by atoms with Gasteiger partial charge in [0.1, 0.15) is 12.1 Å². The molecule has 0 radical (unpaired) electrons. The summed E-state index contributed by atoms with van der Waals surface area (Å²) in [6.45, 7) is 0.166. The van der Waals surface area contributed by atoms with Crippen LogP contribution < -0.4 is 0 Å². The Balaban J connectivity index is 2.48. The molecule has 0 aromatic heterocycles. The predicted molar refractivity (Wildman–Crippen MR) is 70.3 cm³/mol. The van der Waals surface area contributed by atoms with Gasteiger partial charge in [0.25, 0.3) is 0 Å². The second-order valence-corrected chi connectivity index (χ2v) is 6.43. The van der Waals surface area contributed by atoms with E-state index < -0.39 is 22.0 Å². The third kappa shape index (κ3) is 2.53. The summed E-state index contributed by atoms with van der Waals surface area (Å²) in [5.74, 6) is -1.15. The van der Waals surface area contributed by atoms with E-state index in [-0.39, 0.29) is 17.0 Å². The highest BCUT2D eigenvalue weighted by molar-refractivity contribution is 7.89. The number of carboxylic acids is 1. The van der Waals surface area contributed by atoms with Gasteiger partial charge < -0.3 is 5.11 Å². The smallest absolute Gasteiger partial charge is 0.322 e. The Morgan fingerprint density at radius 2 is 2.05 bits per heavy atom. The first-order chi connectivity index (χ1) is 9.48. The van der Waals surface area contributed by atoms with Crippen LogP contribution >= 0.6 is 0 Å². The van der Waals surface area contributed by atoms with Crippen LogP contribution in [0, 0.1) is 11.3 Å². The molecule has 1 N–H and O–H groups in total. The lowest BCUT2D eigenvalue weighted by molar-refractivity contribution is -0.142. The minimum absolute atomic E-state index is 0.0298. The zero-order valence-corrected chi connectivity index (χ0v) is 11.5. The Bertz CT molecular complexity index is 663. The summed E-state index contributed by atoms with van der Waals surface area (Å²) in [6.07, 6.45) is 1.60. The van der Waals surface area contributed by atoms with E-state index in [1.165, 1.54) is 18.2 Å². The van der Waals surface area contributed by atoms with Crippen molar-refractivity contribution < 1.29 is 18.3 Å². The molecular formula is C13H14N2O4S. The second-order valence-electron chi connectivity index (χ2n) is 4.57. The number of hydrogen-bond donors (Lipinski definition) is 1. The largest absolute Gasteiger partial charge is 0.480 e. The highest BCUT2D eigenvalue weighted by Crippen LogP contribution is 2.27. The first kappa shape index (κ1) is 14.5. The molecule has 1 aromatic carbocycles. The number of sulfonamides is 1. The minimum Gasteiger partial charge on any atom is -0.480 e. The number of rotatable bonds is 3. The molecule has 1 aromatic rings. The standard InChI is InChI=1S/C13H14N2O4S/c14-9-10-5-1-2-7-12(10)20(18,19)15-8-4-3-6-11(15)13(16)17/h1-2,5,7,11H,3-4,6,8H2,(H,16,17). The highest BCUT2D eigenvalue weighted by Gasteiger charge is 2.38. The Kier molecular flexibility index (Phi) is 4.06. The molecule has 20 heavy (non-hydrogen) atoms. The van der Waals surface area contributed by atoms with E-state index >= 15 is 0 Å². The zero-order chi connectivity index (χ0) is 14.8. The van der Waals surface area contributed by atoms with E-state index in [4.69, 9.17) is 5.26 Å². The van der Waals surface area contributed by atoms with Gasteiger partial charge in [-0.1, -0.05) is 12.1 Å². The normalized spacial score (nSPS) is 20.2. The molecule has 6 nitrogen and oxygen atoms in total. The first-order valence-electron chi connectivity index (χ1n) is 6.22. The van der Waals surface area contributed by atoms with Crippen molar-refractivity contribution in [1.82, 2.24) is 4.31 Å². The number of nitriles is 1. The number of benzene rings is 1. The maximum atomic E-state index is 12.6. The third-order valence-corrected chi connectivity index (χ3v) is 5.30. The van der Waals surface area contributed by atoms with E-state index in [2.05, 4.69) is 0 Å². The monoisotopic (exact) mass is 294 g/mol. The lowest BCUT2D eigenvalue weighted by Crippen LogP contribution is -2.47. The third-order valence-electron chi connectivity index (χ3n) is 3.33. The lowest BCUT2D eigenvalue weighted by Gasteiger charge is -2.32. The molecule has 1 aliphatic rings. The molecule has 0 saturated carbocycles. The van der Waals surface area contributed by atoms with E-state index in [1.807, 2.05) is 6.07 Å². The first-order valence-corrected chi connectivity index (χ1v) is 7.66. The maximum absolute atomic E-state index is 12.6. The molecule has 1 aliphatic heterocycles. The van der Waals surface area contributed by atoms with Crippen molar-refractivity contribution in [2.45, 2.75) is 30.2 Å². The van der Waals surface area contributed by atoms with Gasteiger partial charge >= 0.3 is 5.97 Å². The minimum atomic E-state index is -3.97. The molecule has 1 fully saturated rings.